The Morgan fingerprint density at radius 1 is 1.21 bits per heavy atom. The van der Waals surface area contributed by atoms with Crippen molar-refractivity contribution in [3.63, 3.8) is 0 Å². The van der Waals surface area contributed by atoms with Gasteiger partial charge >= 0.3 is 0 Å². The lowest BCUT2D eigenvalue weighted by Crippen LogP contribution is -2.19. The van der Waals surface area contributed by atoms with Crippen LogP contribution in [0, 0.1) is 17.1 Å². The van der Waals surface area contributed by atoms with Crippen LogP contribution in [0.2, 0.25) is 0 Å². The van der Waals surface area contributed by atoms with Gasteiger partial charge in [0.2, 0.25) is 0 Å². The molecule has 1 aromatic heterocycles. The van der Waals surface area contributed by atoms with E-state index in [1.807, 2.05) is 72.2 Å². The smallest absolute Gasteiger partial charge is 0.274 e. The summed E-state index contributed by atoms with van der Waals surface area (Å²) in [7, 11) is 3.95. The van der Waals surface area contributed by atoms with Crippen molar-refractivity contribution < 1.29 is 9.18 Å². The van der Waals surface area contributed by atoms with Crippen LogP contribution in [-0.4, -0.2) is 30.8 Å². The molecule has 0 atom stereocenters. The Morgan fingerprint density at radius 2 is 1.96 bits per heavy atom. The number of nitrogens with one attached hydrogen (secondary N) is 1. The van der Waals surface area contributed by atoms with Gasteiger partial charge in [0.05, 0.1) is 29.1 Å². The fraction of sp³-hybridized carbons (Fsp3) is 0.0952. The topological polar surface area (TPSA) is 73.4 Å². The van der Waals surface area contributed by atoms with Crippen LogP contribution in [0.1, 0.15) is 21.6 Å². The molecule has 1 amide bonds. The summed E-state index contributed by atoms with van der Waals surface area (Å²) in [4.78, 5) is 14.1. The van der Waals surface area contributed by atoms with Gasteiger partial charge in [-0.2, -0.15) is 10.4 Å². The molecule has 0 unspecified atom stereocenters. The summed E-state index contributed by atoms with van der Waals surface area (Å²) in [6.45, 7) is 0. The summed E-state index contributed by atoms with van der Waals surface area (Å²) in [5.41, 5.74) is 5.06. The van der Waals surface area contributed by atoms with Crippen molar-refractivity contribution in [1.29, 1.82) is 5.26 Å². The lowest BCUT2D eigenvalue weighted by molar-refractivity contribution is 0.0951. The van der Waals surface area contributed by atoms with Crippen LogP contribution in [0.4, 0.5) is 10.1 Å². The summed E-state index contributed by atoms with van der Waals surface area (Å²) in [6, 6.07) is 17.2. The number of aromatic nitrogens is 1. The van der Waals surface area contributed by atoms with Crippen molar-refractivity contribution in [2.45, 2.75) is 0 Å². The molecular weight excluding hydrogens is 357 g/mol. The van der Waals surface area contributed by atoms with Crippen LogP contribution in [0.5, 0.6) is 0 Å². The van der Waals surface area contributed by atoms with Gasteiger partial charge < -0.3 is 9.47 Å². The largest absolute Gasteiger partial charge is 0.378 e. The maximum atomic E-state index is 13.9. The molecule has 0 spiro atoms. The van der Waals surface area contributed by atoms with Gasteiger partial charge in [-0.25, -0.2) is 9.82 Å². The lowest BCUT2D eigenvalue weighted by atomic mass is 10.1. The second kappa shape index (κ2) is 8.18. The number of benzene rings is 2. The van der Waals surface area contributed by atoms with Crippen LogP contribution >= 0.6 is 0 Å². The minimum atomic E-state index is -0.767. The second-order valence-corrected chi connectivity index (χ2v) is 6.22. The predicted octanol–water partition coefficient (Wildman–Crippen LogP) is 3.32. The molecule has 3 aromatic rings. The fourth-order valence-electron chi connectivity index (χ4n) is 2.63. The number of carbonyl (C=O) groups is 1. The first-order valence-electron chi connectivity index (χ1n) is 8.48. The average Bonchev–Trinajstić information content (AvgIpc) is 3.16. The Bertz CT molecular complexity index is 1060. The van der Waals surface area contributed by atoms with E-state index in [4.69, 9.17) is 5.26 Å². The van der Waals surface area contributed by atoms with Crippen LogP contribution in [0.25, 0.3) is 5.69 Å². The first-order valence-corrected chi connectivity index (χ1v) is 8.48. The Kier molecular flexibility index (Phi) is 5.51. The van der Waals surface area contributed by atoms with Gasteiger partial charge in [0.25, 0.3) is 5.91 Å². The summed E-state index contributed by atoms with van der Waals surface area (Å²) in [6.07, 6.45) is 3.37. The zero-order valence-electron chi connectivity index (χ0n) is 15.4. The third-order valence-electron chi connectivity index (χ3n) is 4.13. The van der Waals surface area contributed by atoms with Gasteiger partial charge in [0.1, 0.15) is 5.82 Å². The number of amides is 1. The summed E-state index contributed by atoms with van der Waals surface area (Å²) in [5, 5.41) is 12.7. The maximum Gasteiger partial charge on any atom is 0.274 e. The van der Waals surface area contributed by atoms with Crippen molar-refractivity contribution in [2.75, 3.05) is 19.0 Å². The Hall–Kier alpha value is -3.92. The molecule has 0 fully saturated rings. The summed E-state index contributed by atoms with van der Waals surface area (Å²) < 4.78 is 15.8. The molecular formula is C21H18FN5O. The third-order valence-corrected chi connectivity index (χ3v) is 4.13. The number of carbonyl (C=O) groups excluding carboxylic acids is 1. The molecule has 6 nitrogen and oxygen atoms in total. The van der Waals surface area contributed by atoms with E-state index in [0.29, 0.717) is 0 Å². The quantitative estimate of drug-likeness (QED) is 0.549. The van der Waals surface area contributed by atoms with Gasteiger partial charge in [-0.15, -0.1) is 0 Å². The molecule has 3 rings (SSSR count). The zero-order valence-corrected chi connectivity index (χ0v) is 15.4. The highest BCUT2D eigenvalue weighted by atomic mass is 19.1. The Labute approximate surface area is 162 Å². The predicted molar refractivity (Wildman–Crippen MR) is 106 cm³/mol. The normalized spacial score (nSPS) is 10.6. The van der Waals surface area contributed by atoms with Gasteiger partial charge in [-0.1, -0.05) is 0 Å². The molecule has 140 valence electrons. The number of nitrogens with zero attached hydrogens (tertiary/aromatic N) is 4. The Balaban J connectivity index is 1.73. The molecule has 1 heterocycles. The number of hydrazone groups is 1. The number of hydrogen-bond acceptors (Lipinski definition) is 4. The standard InChI is InChI=1S/C21H18FN5O/c1-26(2)16-6-8-17(9-7-16)27-11-3-4-18(27)14-24-25-21(28)19-10-5-15(13-23)12-20(19)22/h3-12,14H,1-2H3,(H,25,28). The van der Waals surface area contributed by atoms with Gasteiger partial charge in [-0.3, -0.25) is 4.79 Å². The Morgan fingerprint density at radius 3 is 2.61 bits per heavy atom. The molecule has 0 aliphatic carbocycles. The molecule has 28 heavy (non-hydrogen) atoms. The molecule has 0 saturated heterocycles. The van der Waals surface area contributed by atoms with Crippen molar-refractivity contribution >= 4 is 17.8 Å². The van der Waals surface area contributed by atoms with Crippen molar-refractivity contribution in [3.05, 3.63) is 83.4 Å². The second-order valence-electron chi connectivity index (χ2n) is 6.22. The van der Waals surface area contributed by atoms with E-state index in [0.717, 1.165) is 23.1 Å². The average molecular weight is 375 g/mol. The molecule has 0 radical (unpaired) electrons. The van der Waals surface area contributed by atoms with Gasteiger partial charge in [0.15, 0.2) is 0 Å². The number of hydrogen-bond donors (Lipinski definition) is 1. The summed E-state index contributed by atoms with van der Waals surface area (Å²) >= 11 is 0. The number of rotatable bonds is 5. The lowest BCUT2D eigenvalue weighted by Gasteiger charge is -2.13. The van der Waals surface area contributed by atoms with Crippen molar-refractivity contribution in [3.8, 4) is 11.8 Å². The highest BCUT2D eigenvalue weighted by Crippen LogP contribution is 2.17. The fourth-order valence-corrected chi connectivity index (χ4v) is 2.63. The van der Waals surface area contributed by atoms with E-state index in [9.17, 15) is 9.18 Å². The van der Waals surface area contributed by atoms with Gasteiger partial charge in [0, 0.05) is 31.7 Å². The maximum absolute atomic E-state index is 13.9. The molecule has 1 N–H and O–H groups in total. The minimum Gasteiger partial charge on any atom is -0.378 e. The molecule has 0 saturated carbocycles. The monoisotopic (exact) mass is 375 g/mol. The molecule has 2 aromatic carbocycles. The molecule has 7 heteroatoms. The minimum absolute atomic E-state index is 0.149. The number of nitriles is 1. The zero-order chi connectivity index (χ0) is 20.1. The van der Waals surface area contributed by atoms with Crippen molar-refractivity contribution in [1.82, 2.24) is 9.99 Å². The number of halogens is 1. The first kappa shape index (κ1) is 18.9. The van der Waals surface area contributed by atoms with Crippen LogP contribution in [0.3, 0.4) is 0 Å². The highest BCUT2D eigenvalue weighted by molar-refractivity contribution is 5.95. The van der Waals surface area contributed by atoms with Gasteiger partial charge in [-0.05, 0) is 54.6 Å². The van der Waals surface area contributed by atoms with E-state index in [1.54, 1.807) is 0 Å². The molecule has 0 bridgehead atoms. The SMILES string of the molecule is CN(C)c1ccc(-n2cccc2C=NNC(=O)c2ccc(C#N)cc2F)cc1. The van der Waals surface area contributed by atoms with E-state index in [-0.39, 0.29) is 11.1 Å². The first-order chi connectivity index (χ1) is 13.5. The van der Waals surface area contributed by atoms with Crippen LogP contribution in [0.15, 0.2) is 65.9 Å². The summed E-state index contributed by atoms with van der Waals surface area (Å²) in [5.74, 6) is -1.46. The van der Waals surface area contributed by atoms with E-state index >= 15 is 0 Å². The molecule has 0 aliphatic rings. The van der Waals surface area contributed by atoms with Crippen LogP contribution in [-0.2, 0) is 0 Å². The third kappa shape index (κ3) is 4.07. The van der Waals surface area contributed by atoms with Crippen LogP contribution < -0.4 is 10.3 Å². The van der Waals surface area contributed by atoms with E-state index in [1.165, 1.54) is 18.3 Å². The highest BCUT2D eigenvalue weighted by Gasteiger charge is 2.11. The number of anilines is 1. The van der Waals surface area contributed by atoms with E-state index < -0.39 is 11.7 Å². The van der Waals surface area contributed by atoms with E-state index in [2.05, 4.69) is 10.5 Å². The van der Waals surface area contributed by atoms with Crippen molar-refractivity contribution in [2.24, 2.45) is 5.10 Å². The molecule has 0 aliphatic heterocycles.